The second-order valence-electron chi connectivity index (χ2n) is 4.09. The van der Waals surface area contributed by atoms with Crippen molar-refractivity contribution >= 4 is 5.97 Å². The van der Waals surface area contributed by atoms with Crippen LogP contribution >= 0.6 is 0 Å². The highest BCUT2D eigenvalue weighted by Gasteiger charge is 1.94. The monoisotopic (exact) mass is 278 g/mol. The van der Waals surface area contributed by atoms with Gasteiger partial charge < -0.3 is 19.7 Å². The number of carboxylic acid groups (broad SMARTS) is 1. The van der Waals surface area contributed by atoms with E-state index in [-0.39, 0.29) is 6.61 Å². The molecule has 0 heterocycles. The highest BCUT2D eigenvalue weighted by molar-refractivity contribution is 5.66. The van der Waals surface area contributed by atoms with Gasteiger partial charge in [0.05, 0.1) is 26.4 Å². The van der Waals surface area contributed by atoms with Crippen LogP contribution in [0.2, 0.25) is 0 Å². The molecule has 0 aromatic carbocycles. The molecule has 0 unspecified atom stereocenters. The molecule has 0 radical (unpaired) electrons. The zero-order chi connectivity index (χ0) is 14.8. The third kappa shape index (κ3) is 26.8. The summed E-state index contributed by atoms with van der Waals surface area (Å²) in [4.78, 5) is 10.0. The second kappa shape index (κ2) is 19.7. The van der Waals surface area contributed by atoms with Crippen molar-refractivity contribution < 1.29 is 24.5 Å². The number of unbranched alkanes of at least 4 members (excludes halogenated alkanes) is 4. The summed E-state index contributed by atoms with van der Waals surface area (Å²) >= 11 is 0. The summed E-state index contributed by atoms with van der Waals surface area (Å²) in [5.74, 6) is -0.670. The molecule has 0 aliphatic heterocycles. The Balaban J connectivity index is 0. The van der Waals surface area contributed by atoms with Crippen molar-refractivity contribution in [2.75, 3.05) is 33.0 Å². The van der Waals surface area contributed by atoms with Gasteiger partial charge in [-0.2, -0.15) is 0 Å². The quantitative estimate of drug-likeness (QED) is 0.536. The Morgan fingerprint density at radius 3 is 2.11 bits per heavy atom. The van der Waals surface area contributed by atoms with Gasteiger partial charge in [-0.15, -0.1) is 0 Å². The predicted octanol–water partition coefficient (Wildman–Crippen LogP) is 2.46. The van der Waals surface area contributed by atoms with Crippen molar-refractivity contribution in [2.45, 2.75) is 52.4 Å². The Labute approximate surface area is 116 Å². The normalized spacial score (nSPS) is 9.84. The maximum Gasteiger partial charge on any atom is 0.303 e. The van der Waals surface area contributed by atoms with Crippen LogP contribution in [0.3, 0.4) is 0 Å². The molecule has 0 saturated carbocycles. The van der Waals surface area contributed by atoms with Crippen molar-refractivity contribution in [1.29, 1.82) is 0 Å². The molecule has 5 heteroatoms. The lowest BCUT2D eigenvalue weighted by molar-refractivity contribution is -0.137. The van der Waals surface area contributed by atoms with Gasteiger partial charge in [-0.25, -0.2) is 0 Å². The molecule has 0 fully saturated rings. The van der Waals surface area contributed by atoms with E-state index in [1.807, 2.05) is 6.92 Å². The largest absolute Gasteiger partial charge is 0.481 e. The van der Waals surface area contributed by atoms with Gasteiger partial charge in [-0.3, -0.25) is 4.79 Å². The summed E-state index contributed by atoms with van der Waals surface area (Å²) in [6.45, 7) is 6.51. The van der Waals surface area contributed by atoms with Crippen LogP contribution in [-0.4, -0.2) is 49.2 Å². The SMILES string of the molecule is CCCCCCCC(=O)O.CCOCCOCCO. The molecule has 0 spiro atoms. The summed E-state index contributed by atoms with van der Waals surface area (Å²) in [6, 6.07) is 0. The van der Waals surface area contributed by atoms with Gasteiger partial charge in [-0.1, -0.05) is 32.6 Å². The third-order valence-electron chi connectivity index (χ3n) is 2.31. The summed E-state index contributed by atoms with van der Waals surface area (Å²) in [7, 11) is 0. The standard InChI is InChI=1S/C8H16O2.C6H14O3/c1-2-3-4-5-6-7-8(9)10;1-2-8-5-6-9-4-3-7/h2-7H2,1H3,(H,9,10);7H,2-6H2,1H3. The number of rotatable bonds is 12. The number of ether oxygens (including phenoxy) is 2. The first kappa shape index (κ1) is 20.7. The van der Waals surface area contributed by atoms with Crippen LogP contribution in [0.15, 0.2) is 0 Å². The van der Waals surface area contributed by atoms with Gasteiger partial charge in [0.2, 0.25) is 0 Å². The Morgan fingerprint density at radius 1 is 0.947 bits per heavy atom. The fourth-order valence-corrected chi connectivity index (χ4v) is 1.31. The zero-order valence-electron chi connectivity index (χ0n) is 12.4. The number of aliphatic carboxylic acids is 1. The number of aliphatic hydroxyl groups excluding tert-OH is 1. The Bertz CT molecular complexity index is 167. The number of carbonyl (C=O) groups is 1. The lowest BCUT2D eigenvalue weighted by atomic mass is 10.1. The molecule has 0 rings (SSSR count). The van der Waals surface area contributed by atoms with Gasteiger partial charge in [0.25, 0.3) is 0 Å². The maximum atomic E-state index is 10.0. The summed E-state index contributed by atoms with van der Waals surface area (Å²) in [5, 5.41) is 16.5. The molecule has 19 heavy (non-hydrogen) atoms. The molecule has 0 bridgehead atoms. The Hall–Kier alpha value is -0.650. The average Bonchev–Trinajstić information content (AvgIpc) is 2.39. The van der Waals surface area contributed by atoms with Crippen LogP contribution < -0.4 is 0 Å². The molecule has 0 amide bonds. The van der Waals surface area contributed by atoms with Crippen LogP contribution in [0, 0.1) is 0 Å². The van der Waals surface area contributed by atoms with Crippen LogP contribution in [0.4, 0.5) is 0 Å². The summed E-state index contributed by atoms with van der Waals surface area (Å²) in [5.41, 5.74) is 0. The molecule has 5 nitrogen and oxygen atoms in total. The van der Waals surface area contributed by atoms with Gasteiger partial charge in [0.1, 0.15) is 0 Å². The van der Waals surface area contributed by atoms with E-state index in [9.17, 15) is 4.79 Å². The fourth-order valence-electron chi connectivity index (χ4n) is 1.31. The molecule has 0 aliphatic carbocycles. The van der Waals surface area contributed by atoms with E-state index < -0.39 is 5.97 Å². The number of aliphatic hydroxyl groups is 1. The lowest BCUT2D eigenvalue weighted by Crippen LogP contribution is -2.06. The highest BCUT2D eigenvalue weighted by atomic mass is 16.5. The smallest absolute Gasteiger partial charge is 0.303 e. The zero-order valence-corrected chi connectivity index (χ0v) is 12.4. The summed E-state index contributed by atoms with van der Waals surface area (Å²) in [6.07, 6.45) is 5.88. The first-order chi connectivity index (χ1) is 9.18. The number of hydrogen-bond acceptors (Lipinski definition) is 4. The lowest BCUT2D eigenvalue weighted by Gasteiger charge is -2.00. The summed E-state index contributed by atoms with van der Waals surface area (Å²) < 4.78 is 9.88. The van der Waals surface area contributed by atoms with E-state index in [4.69, 9.17) is 19.7 Å². The van der Waals surface area contributed by atoms with Crippen molar-refractivity contribution in [2.24, 2.45) is 0 Å². The molecule has 2 N–H and O–H groups in total. The van der Waals surface area contributed by atoms with Crippen LogP contribution in [-0.2, 0) is 14.3 Å². The van der Waals surface area contributed by atoms with E-state index >= 15 is 0 Å². The van der Waals surface area contributed by atoms with Crippen molar-refractivity contribution in [1.82, 2.24) is 0 Å². The van der Waals surface area contributed by atoms with E-state index in [1.165, 1.54) is 19.3 Å². The topological polar surface area (TPSA) is 76.0 Å². The molecule has 0 atom stereocenters. The molecule has 116 valence electrons. The van der Waals surface area contributed by atoms with Crippen molar-refractivity contribution in [3.05, 3.63) is 0 Å². The van der Waals surface area contributed by atoms with Gasteiger partial charge in [-0.05, 0) is 13.3 Å². The highest BCUT2D eigenvalue weighted by Crippen LogP contribution is 2.04. The molecule has 0 aromatic heterocycles. The Kier molecular flexibility index (Phi) is 21.4. The van der Waals surface area contributed by atoms with E-state index in [2.05, 4.69) is 6.92 Å². The first-order valence-corrected chi connectivity index (χ1v) is 7.17. The van der Waals surface area contributed by atoms with Gasteiger partial charge in [0, 0.05) is 13.0 Å². The van der Waals surface area contributed by atoms with Crippen LogP contribution in [0.5, 0.6) is 0 Å². The first-order valence-electron chi connectivity index (χ1n) is 7.17. The number of hydrogen-bond donors (Lipinski definition) is 2. The van der Waals surface area contributed by atoms with Crippen molar-refractivity contribution in [3.8, 4) is 0 Å². The van der Waals surface area contributed by atoms with E-state index in [0.717, 1.165) is 19.4 Å². The second-order valence-corrected chi connectivity index (χ2v) is 4.09. The minimum Gasteiger partial charge on any atom is -0.481 e. The maximum absolute atomic E-state index is 10.0. The minimum atomic E-state index is -0.670. The van der Waals surface area contributed by atoms with E-state index in [0.29, 0.717) is 26.2 Å². The molecule has 0 saturated heterocycles. The Morgan fingerprint density at radius 2 is 1.58 bits per heavy atom. The fraction of sp³-hybridized carbons (Fsp3) is 0.929. The number of carboxylic acids is 1. The predicted molar refractivity (Wildman–Crippen MR) is 75.4 cm³/mol. The molecule has 0 aromatic rings. The molecule has 0 aliphatic rings. The molecular formula is C14H30O5. The van der Waals surface area contributed by atoms with Crippen LogP contribution in [0.1, 0.15) is 52.4 Å². The minimum absolute atomic E-state index is 0.0894. The third-order valence-corrected chi connectivity index (χ3v) is 2.31. The van der Waals surface area contributed by atoms with E-state index in [1.54, 1.807) is 0 Å². The van der Waals surface area contributed by atoms with Crippen LogP contribution in [0.25, 0.3) is 0 Å². The average molecular weight is 278 g/mol. The van der Waals surface area contributed by atoms with Gasteiger partial charge in [0.15, 0.2) is 0 Å². The van der Waals surface area contributed by atoms with Gasteiger partial charge >= 0.3 is 5.97 Å². The molecular weight excluding hydrogens is 248 g/mol. The van der Waals surface area contributed by atoms with Crippen molar-refractivity contribution in [3.63, 3.8) is 0 Å².